The topological polar surface area (TPSA) is 46.3 Å². The SMILES string of the molecule is CC(=O)N(C)Cc1nc(C)oc1C. The molecule has 0 spiro atoms. The smallest absolute Gasteiger partial charge is 0.219 e. The number of carbonyl (C=O) groups is 1. The zero-order valence-corrected chi connectivity index (χ0v) is 8.42. The molecule has 1 heterocycles. The number of carbonyl (C=O) groups excluding carboxylic acids is 1. The summed E-state index contributed by atoms with van der Waals surface area (Å²) >= 11 is 0. The van der Waals surface area contributed by atoms with Crippen molar-refractivity contribution in [2.45, 2.75) is 27.3 Å². The molecule has 0 aromatic carbocycles. The van der Waals surface area contributed by atoms with Gasteiger partial charge in [-0.05, 0) is 6.92 Å². The van der Waals surface area contributed by atoms with E-state index in [1.165, 1.54) is 6.92 Å². The first-order chi connectivity index (χ1) is 6.00. The maximum atomic E-state index is 10.9. The largest absolute Gasteiger partial charge is 0.446 e. The number of aryl methyl sites for hydroxylation is 2. The minimum absolute atomic E-state index is 0.0278. The van der Waals surface area contributed by atoms with Crippen LogP contribution in [0.25, 0.3) is 0 Å². The lowest BCUT2D eigenvalue weighted by Crippen LogP contribution is -2.23. The third-order valence-corrected chi connectivity index (χ3v) is 1.92. The monoisotopic (exact) mass is 182 g/mol. The summed E-state index contributed by atoms with van der Waals surface area (Å²) in [5.41, 5.74) is 0.829. The van der Waals surface area contributed by atoms with Gasteiger partial charge in [-0.15, -0.1) is 0 Å². The normalized spacial score (nSPS) is 10.2. The second-order valence-corrected chi connectivity index (χ2v) is 3.11. The average molecular weight is 182 g/mol. The highest BCUT2D eigenvalue weighted by Crippen LogP contribution is 2.10. The third-order valence-electron chi connectivity index (χ3n) is 1.92. The Balaban J connectivity index is 2.74. The molecule has 0 unspecified atom stereocenters. The second-order valence-electron chi connectivity index (χ2n) is 3.11. The van der Waals surface area contributed by atoms with E-state index in [0.29, 0.717) is 12.4 Å². The van der Waals surface area contributed by atoms with Crippen LogP contribution >= 0.6 is 0 Å². The molecule has 1 aromatic rings. The Labute approximate surface area is 77.6 Å². The Bertz CT molecular complexity index is 317. The van der Waals surface area contributed by atoms with Crippen molar-refractivity contribution in [2.75, 3.05) is 7.05 Å². The van der Waals surface area contributed by atoms with Crippen LogP contribution in [0, 0.1) is 13.8 Å². The number of hydrogen-bond acceptors (Lipinski definition) is 3. The van der Waals surface area contributed by atoms with E-state index in [4.69, 9.17) is 4.42 Å². The van der Waals surface area contributed by atoms with Gasteiger partial charge in [-0.3, -0.25) is 4.79 Å². The van der Waals surface area contributed by atoms with Gasteiger partial charge in [-0.2, -0.15) is 0 Å². The van der Waals surface area contributed by atoms with Crippen molar-refractivity contribution in [3.05, 3.63) is 17.3 Å². The van der Waals surface area contributed by atoms with Crippen LogP contribution in [0.1, 0.15) is 24.3 Å². The van der Waals surface area contributed by atoms with Crippen LogP contribution in [0.4, 0.5) is 0 Å². The van der Waals surface area contributed by atoms with E-state index >= 15 is 0 Å². The number of nitrogens with zero attached hydrogens (tertiary/aromatic N) is 2. The summed E-state index contributed by atoms with van der Waals surface area (Å²) < 4.78 is 5.25. The number of rotatable bonds is 2. The Morgan fingerprint density at radius 3 is 2.54 bits per heavy atom. The first-order valence-electron chi connectivity index (χ1n) is 4.15. The van der Waals surface area contributed by atoms with Gasteiger partial charge in [-0.25, -0.2) is 4.98 Å². The van der Waals surface area contributed by atoms with Crippen LogP contribution in [-0.4, -0.2) is 22.8 Å². The molecule has 72 valence electrons. The number of aromatic nitrogens is 1. The van der Waals surface area contributed by atoms with Gasteiger partial charge >= 0.3 is 0 Å². The Hall–Kier alpha value is -1.32. The van der Waals surface area contributed by atoms with Gasteiger partial charge in [0, 0.05) is 20.9 Å². The van der Waals surface area contributed by atoms with Crippen molar-refractivity contribution in [3.8, 4) is 0 Å². The molecule has 0 N–H and O–H groups in total. The Morgan fingerprint density at radius 1 is 1.54 bits per heavy atom. The highest BCUT2D eigenvalue weighted by atomic mass is 16.4. The minimum atomic E-state index is 0.0278. The first-order valence-corrected chi connectivity index (χ1v) is 4.15. The molecule has 0 aliphatic heterocycles. The lowest BCUT2D eigenvalue weighted by molar-refractivity contribution is -0.128. The van der Waals surface area contributed by atoms with Crippen LogP contribution in [0.15, 0.2) is 4.42 Å². The fourth-order valence-electron chi connectivity index (χ4n) is 1.05. The lowest BCUT2D eigenvalue weighted by atomic mass is 10.3. The van der Waals surface area contributed by atoms with Crippen molar-refractivity contribution >= 4 is 5.91 Å². The highest BCUT2D eigenvalue weighted by molar-refractivity contribution is 5.72. The summed E-state index contributed by atoms with van der Waals surface area (Å²) in [6, 6.07) is 0. The Morgan fingerprint density at radius 2 is 2.15 bits per heavy atom. The fraction of sp³-hybridized carbons (Fsp3) is 0.556. The summed E-state index contributed by atoms with van der Waals surface area (Å²) in [4.78, 5) is 16.7. The average Bonchev–Trinajstić information content (AvgIpc) is 2.30. The van der Waals surface area contributed by atoms with Crippen molar-refractivity contribution in [1.82, 2.24) is 9.88 Å². The van der Waals surface area contributed by atoms with Crippen molar-refractivity contribution in [3.63, 3.8) is 0 Å². The van der Waals surface area contributed by atoms with Crippen LogP contribution in [0.2, 0.25) is 0 Å². The number of oxazole rings is 1. The molecule has 0 bridgehead atoms. The van der Waals surface area contributed by atoms with E-state index in [1.54, 1.807) is 18.9 Å². The van der Waals surface area contributed by atoms with E-state index in [2.05, 4.69) is 4.98 Å². The first kappa shape index (κ1) is 9.77. The molecule has 13 heavy (non-hydrogen) atoms. The fourth-order valence-corrected chi connectivity index (χ4v) is 1.05. The summed E-state index contributed by atoms with van der Waals surface area (Å²) in [6.07, 6.45) is 0. The van der Waals surface area contributed by atoms with Crippen molar-refractivity contribution in [1.29, 1.82) is 0 Å². The maximum absolute atomic E-state index is 10.9. The number of amides is 1. The molecule has 0 atom stereocenters. The van der Waals surface area contributed by atoms with Gasteiger partial charge in [0.1, 0.15) is 11.5 Å². The molecule has 0 saturated heterocycles. The predicted octanol–water partition coefficient (Wildman–Crippen LogP) is 1.27. The highest BCUT2D eigenvalue weighted by Gasteiger charge is 2.10. The third kappa shape index (κ3) is 2.31. The number of hydrogen-bond donors (Lipinski definition) is 0. The van der Waals surface area contributed by atoms with E-state index in [0.717, 1.165) is 11.5 Å². The maximum Gasteiger partial charge on any atom is 0.219 e. The van der Waals surface area contributed by atoms with Gasteiger partial charge in [0.25, 0.3) is 0 Å². The van der Waals surface area contributed by atoms with Gasteiger partial charge < -0.3 is 9.32 Å². The molecule has 1 aromatic heterocycles. The summed E-state index contributed by atoms with van der Waals surface area (Å²) in [5.74, 6) is 1.45. The standard InChI is InChI=1S/C9H14N2O2/c1-6-9(10-7(2)13-6)5-11(4)8(3)12/h5H2,1-4H3. The second kappa shape index (κ2) is 3.60. The summed E-state index contributed by atoms with van der Waals surface area (Å²) in [7, 11) is 1.74. The molecule has 4 nitrogen and oxygen atoms in total. The molecular weight excluding hydrogens is 168 g/mol. The summed E-state index contributed by atoms with van der Waals surface area (Å²) in [6.45, 7) is 5.69. The molecule has 0 saturated carbocycles. The van der Waals surface area contributed by atoms with Crippen LogP contribution in [-0.2, 0) is 11.3 Å². The molecule has 1 amide bonds. The predicted molar refractivity (Wildman–Crippen MR) is 48.1 cm³/mol. The minimum Gasteiger partial charge on any atom is -0.446 e. The molecule has 1 rings (SSSR count). The van der Waals surface area contributed by atoms with Gasteiger partial charge in [0.15, 0.2) is 5.89 Å². The van der Waals surface area contributed by atoms with Gasteiger partial charge in [0.2, 0.25) is 5.91 Å². The van der Waals surface area contributed by atoms with Gasteiger partial charge in [0.05, 0.1) is 6.54 Å². The molecule has 4 heteroatoms. The molecule has 0 aliphatic rings. The Kier molecular flexibility index (Phi) is 2.70. The van der Waals surface area contributed by atoms with E-state index in [1.807, 2.05) is 6.92 Å². The van der Waals surface area contributed by atoms with Crippen molar-refractivity contribution < 1.29 is 9.21 Å². The van der Waals surface area contributed by atoms with E-state index in [-0.39, 0.29) is 5.91 Å². The molecule has 0 aliphatic carbocycles. The van der Waals surface area contributed by atoms with Gasteiger partial charge in [-0.1, -0.05) is 0 Å². The van der Waals surface area contributed by atoms with Crippen LogP contribution in [0.3, 0.4) is 0 Å². The molecule has 0 fully saturated rings. The zero-order valence-electron chi connectivity index (χ0n) is 8.42. The van der Waals surface area contributed by atoms with Crippen LogP contribution in [0.5, 0.6) is 0 Å². The quantitative estimate of drug-likeness (QED) is 0.692. The van der Waals surface area contributed by atoms with E-state index in [9.17, 15) is 4.79 Å². The molecule has 0 radical (unpaired) electrons. The summed E-state index contributed by atoms with van der Waals surface area (Å²) in [5, 5.41) is 0. The van der Waals surface area contributed by atoms with Crippen LogP contribution < -0.4 is 0 Å². The van der Waals surface area contributed by atoms with Crippen molar-refractivity contribution in [2.24, 2.45) is 0 Å². The lowest BCUT2D eigenvalue weighted by Gasteiger charge is -2.12. The zero-order chi connectivity index (χ0) is 10.0. The van der Waals surface area contributed by atoms with E-state index < -0.39 is 0 Å². The molecular formula is C9H14N2O2.